The van der Waals surface area contributed by atoms with E-state index in [1.807, 2.05) is 6.07 Å². The molecule has 0 saturated carbocycles. The number of para-hydroxylation sites is 1. The molecule has 68 valence electrons. The summed E-state index contributed by atoms with van der Waals surface area (Å²) < 4.78 is 1.57. The molecule has 0 spiro atoms. The minimum Gasteiger partial charge on any atom is -0.506 e. The zero-order valence-electron chi connectivity index (χ0n) is 7.12. The lowest BCUT2D eigenvalue weighted by Gasteiger charge is -1.99. The minimum absolute atomic E-state index is 0.160. The minimum atomic E-state index is 0.160. The molecule has 2 aromatic heterocycles. The topological polar surface area (TPSA) is 63.3 Å². The van der Waals surface area contributed by atoms with E-state index in [2.05, 4.69) is 15.1 Å². The van der Waals surface area contributed by atoms with Gasteiger partial charge in [-0.2, -0.15) is 5.10 Å². The van der Waals surface area contributed by atoms with Crippen LogP contribution in [-0.2, 0) is 0 Å². The summed E-state index contributed by atoms with van der Waals surface area (Å²) in [6.07, 6.45) is 2.99. The van der Waals surface area contributed by atoms with Crippen LogP contribution in [0.1, 0.15) is 0 Å². The van der Waals surface area contributed by atoms with Gasteiger partial charge in [0.2, 0.25) is 0 Å². The van der Waals surface area contributed by atoms with Crippen LogP contribution in [0.4, 0.5) is 0 Å². The van der Waals surface area contributed by atoms with Crippen molar-refractivity contribution in [2.75, 3.05) is 0 Å². The van der Waals surface area contributed by atoms with E-state index in [1.165, 1.54) is 12.7 Å². The van der Waals surface area contributed by atoms with E-state index in [1.54, 1.807) is 16.6 Å². The Kier molecular flexibility index (Phi) is 1.25. The first-order valence-corrected chi connectivity index (χ1v) is 4.12. The second-order valence-corrected chi connectivity index (χ2v) is 2.95. The summed E-state index contributed by atoms with van der Waals surface area (Å²) in [5.41, 5.74) is 1.25. The molecule has 0 aliphatic carbocycles. The summed E-state index contributed by atoms with van der Waals surface area (Å²) in [4.78, 5) is 8.18. The van der Waals surface area contributed by atoms with Crippen molar-refractivity contribution in [1.82, 2.24) is 19.6 Å². The van der Waals surface area contributed by atoms with Gasteiger partial charge in [0, 0.05) is 5.39 Å². The van der Waals surface area contributed by atoms with Gasteiger partial charge in [0.05, 0.1) is 0 Å². The van der Waals surface area contributed by atoms with Crippen LogP contribution in [0.3, 0.4) is 0 Å². The average Bonchev–Trinajstić information content (AvgIpc) is 2.66. The molecule has 0 saturated heterocycles. The monoisotopic (exact) mass is 186 g/mol. The van der Waals surface area contributed by atoms with E-state index in [0.717, 1.165) is 5.39 Å². The van der Waals surface area contributed by atoms with Gasteiger partial charge in [-0.1, -0.05) is 6.07 Å². The smallest absolute Gasteiger partial charge is 0.166 e. The van der Waals surface area contributed by atoms with Crippen molar-refractivity contribution in [3.8, 4) is 5.75 Å². The molecule has 0 amide bonds. The summed E-state index contributed by atoms with van der Waals surface area (Å²) in [6.45, 7) is 0. The van der Waals surface area contributed by atoms with Crippen molar-refractivity contribution >= 4 is 16.6 Å². The molecule has 14 heavy (non-hydrogen) atoms. The van der Waals surface area contributed by atoms with Crippen molar-refractivity contribution in [1.29, 1.82) is 0 Å². The number of hydrogen-bond acceptors (Lipinski definition) is 4. The number of aromatic nitrogens is 4. The third kappa shape index (κ3) is 0.806. The molecular weight excluding hydrogens is 180 g/mol. The predicted octanol–water partition coefficient (Wildman–Crippen LogP) is 0.983. The molecular formula is C9H6N4O. The molecule has 0 atom stereocenters. The quantitative estimate of drug-likeness (QED) is 0.568. The van der Waals surface area contributed by atoms with Crippen LogP contribution in [0, 0.1) is 0 Å². The molecule has 0 aliphatic rings. The van der Waals surface area contributed by atoms with Gasteiger partial charge in [0.15, 0.2) is 5.65 Å². The van der Waals surface area contributed by atoms with Crippen LogP contribution in [0.5, 0.6) is 5.75 Å². The molecule has 0 unspecified atom stereocenters. The molecule has 2 heterocycles. The van der Waals surface area contributed by atoms with Gasteiger partial charge in [-0.05, 0) is 12.1 Å². The number of nitrogens with zero attached hydrogens (tertiary/aromatic N) is 4. The van der Waals surface area contributed by atoms with Crippen LogP contribution in [0.15, 0.2) is 30.9 Å². The Morgan fingerprint density at radius 1 is 1.21 bits per heavy atom. The molecule has 5 heteroatoms. The summed E-state index contributed by atoms with van der Waals surface area (Å²) in [6, 6.07) is 5.21. The fourth-order valence-electron chi connectivity index (χ4n) is 1.49. The Bertz CT molecular complexity index is 616. The van der Waals surface area contributed by atoms with E-state index >= 15 is 0 Å². The van der Waals surface area contributed by atoms with Crippen LogP contribution in [0.2, 0.25) is 0 Å². The van der Waals surface area contributed by atoms with Crippen molar-refractivity contribution < 1.29 is 5.11 Å². The van der Waals surface area contributed by atoms with Gasteiger partial charge in [0.25, 0.3) is 0 Å². The maximum atomic E-state index is 9.55. The Morgan fingerprint density at radius 2 is 2.14 bits per heavy atom. The lowest BCUT2D eigenvalue weighted by atomic mass is 10.2. The van der Waals surface area contributed by atoms with Crippen molar-refractivity contribution in [2.24, 2.45) is 0 Å². The van der Waals surface area contributed by atoms with Gasteiger partial charge in [0.1, 0.15) is 23.9 Å². The third-order valence-corrected chi connectivity index (χ3v) is 2.12. The van der Waals surface area contributed by atoms with E-state index in [9.17, 15) is 5.11 Å². The fourth-order valence-corrected chi connectivity index (χ4v) is 1.49. The Morgan fingerprint density at radius 3 is 3.07 bits per heavy atom. The average molecular weight is 186 g/mol. The number of aromatic hydroxyl groups is 1. The Hall–Kier alpha value is -2.17. The summed E-state index contributed by atoms with van der Waals surface area (Å²) >= 11 is 0. The third-order valence-electron chi connectivity index (χ3n) is 2.12. The number of hydrogen-bond donors (Lipinski definition) is 1. The number of benzene rings is 1. The second-order valence-electron chi connectivity index (χ2n) is 2.95. The number of phenolic OH excluding ortho intramolecular Hbond substituents is 1. The highest BCUT2D eigenvalue weighted by Gasteiger charge is 2.05. The molecule has 0 fully saturated rings. The highest BCUT2D eigenvalue weighted by Crippen LogP contribution is 2.23. The lowest BCUT2D eigenvalue weighted by molar-refractivity contribution is 0.480. The molecule has 3 aromatic rings. The number of phenols is 1. The van der Waals surface area contributed by atoms with Crippen LogP contribution in [0.25, 0.3) is 16.6 Å². The van der Waals surface area contributed by atoms with E-state index < -0.39 is 0 Å². The highest BCUT2D eigenvalue weighted by atomic mass is 16.3. The SMILES string of the molecule is Oc1cccc2c1ncn1ncnc21. The first-order chi connectivity index (χ1) is 6.86. The Balaban J connectivity index is 2.64. The van der Waals surface area contributed by atoms with Crippen LogP contribution >= 0.6 is 0 Å². The van der Waals surface area contributed by atoms with Crippen LogP contribution < -0.4 is 0 Å². The van der Waals surface area contributed by atoms with Gasteiger partial charge in [-0.25, -0.2) is 14.5 Å². The van der Waals surface area contributed by atoms with E-state index in [-0.39, 0.29) is 5.75 Å². The van der Waals surface area contributed by atoms with E-state index in [0.29, 0.717) is 11.2 Å². The zero-order chi connectivity index (χ0) is 9.54. The van der Waals surface area contributed by atoms with Gasteiger partial charge >= 0.3 is 0 Å². The standard InChI is InChI=1S/C9H6N4O/c14-7-3-1-2-6-8(7)11-5-13-9(6)10-4-12-13/h1-5,14H. The van der Waals surface area contributed by atoms with Crippen molar-refractivity contribution in [2.45, 2.75) is 0 Å². The van der Waals surface area contributed by atoms with Gasteiger partial charge in [-0.15, -0.1) is 0 Å². The lowest BCUT2D eigenvalue weighted by Crippen LogP contribution is -1.91. The summed E-state index contributed by atoms with van der Waals surface area (Å²) in [5.74, 6) is 0.160. The second kappa shape index (κ2) is 2.41. The maximum Gasteiger partial charge on any atom is 0.166 e. The molecule has 1 N–H and O–H groups in total. The van der Waals surface area contributed by atoms with Crippen LogP contribution in [-0.4, -0.2) is 24.7 Å². The van der Waals surface area contributed by atoms with Crippen molar-refractivity contribution in [3.05, 3.63) is 30.9 Å². The maximum absolute atomic E-state index is 9.55. The first kappa shape index (κ1) is 7.25. The van der Waals surface area contributed by atoms with Gasteiger partial charge in [-0.3, -0.25) is 0 Å². The highest BCUT2D eigenvalue weighted by molar-refractivity contribution is 5.94. The first-order valence-electron chi connectivity index (χ1n) is 4.12. The summed E-state index contributed by atoms with van der Waals surface area (Å²) in [7, 11) is 0. The molecule has 3 rings (SSSR count). The molecule has 0 radical (unpaired) electrons. The fraction of sp³-hybridized carbons (Fsp3) is 0. The molecule has 0 aliphatic heterocycles. The largest absolute Gasteiger partial charge is 0.506 e. The molecule has 0 bridgehead atoms. The number of fused-ring (bicyclic) bond motifs is 3. The number of rotatable bonds is 0. The van der Waals surface area contributed by atoms with Crippen molar-refractivity contribution in [3.63, 3.8) is 0 Å². The molecule has 5 nitrogen and oxygen atoms in total. The van der Waals surface area contributed by atoms with Gasteiger partial charge < -0.3 is 5.11 Å². The predicted molar refractivity (Wildman–Crippen MR) is 50.0 cm³/mol. The summed E-state index contributed by atoms with van der Waals surface area (Å²) in [5, 5.41) is 14.3. The molecule has 1 aromatic carbocycles. The Labute approximate surface area is 78.7 Å². The van der Waals surface area contributed by atoms with E-state index in [4.69, 9.17) is 0 Å². The zero-order valence-corrected chi connectivity index (χ0v) is 7.12. The normalized spacial score (nSPS) is 11.1.